The average molecular weight is 492 g/mol. The lowest BCUT2D eigenvalue weighted by Gasteiger charge is -2.34. The highest BCUT2D eigenvalue weighted by Crippen LogP contribution is 2.26. The Kier molecular flexibility index (Phi) is 6.21. The fourth-order valence-electron chi connectivity index (χ4n) is 4.82. The van der Waals surface area contributed by atoms with Crippen molar-refractivity contribution in [3.63, 3.8) is 0 Å². The van der Waals surface area contributed by atoms with Gasteiger partial charge in [-0.3, -0.25) is 9.48 Å². The first-order chi connectivity index (χ1) is 16.8. The second kappa shape index (κ2) is 9.31. The zero-order valence-corrected chi connectivity index (χ0v) is 20.8. The van der Waals surface area contributed by atoms with Crippen molar-refractivity contribution in [3.8, 4) is 0 Å². The summed E-state index contributed by atoms with van der Waals surface area (Å²) in [4.78, 5) is 18.2. The first-order valence-electron chi connectivity index (χ1n) is 11.8. The number of piperazine rings is 1. The number of amides is 1. The Hall–Kier alpha value is -3.43. The monoisotopic (exact) mass is 491 g/mol. The molecule has 0 bridgehead atoms. The summed E-state index contributed by atoms with van der Waals surface area (Å²) in [5.74, 6) is 0.00911. The lowest BCUT2D eigenvalue weighted by molar-refractivity contribution is -0.131. The Morgan fingerprint density at radius 2 is 1.66 bits per heavy atom. The van der Waals surface area contributed by atoms with Crippen LogP contribution in [0.5, 0.6) is 0 Å². The number of carbonyl (C=O) groups excluding carboxylic acids is 1. The van der Waals surface area contributed by atoms with E-state index in [0.29, 0.717) is 37.4 Å². The molecule has 0 spiro atoms. The molecule has 2 aromatic heterocycles. The predicted molar refractivity (Wildman–Crippen MR) is 135 cm³/mol. The smallest absolute Gasteiger partial charge is 0.246 e. The summed E-state index contributed by atoms with van der Waals surface area (Å²) >= 11 is 0. The molecule has 0 saturated carbocycles. The summed E-state index contributed by atoms with van der Waals surface area (Å²) in [7, 11) is -3.72. The quantitative estimate of drug-likeness (QED) is 0.449. The first-order valence-corrected chi connectivity index (χ1v) is 13.2. The number of benzene rings is 2. The van der Waals surface area contributed by atoms with E-state index in [2.05, 4.69) is 10.1 Å². The third-order valence-electron chi connectivity index (χ3n) is 6.70. The molecule has 35 heavy (non-hydrogen) atoms. The maximum absolute atomic E-state index is 13.5. The van der Waals surface area contributed by atoms with Crippen molar-refractivity contribution < 1.29 is 13.2 Å². The van der Waals surface area contributed by atoms with Crippen LogP contribution in [-0.2, 0) is 27.8 Å². The predicted octanol–water partition coefficient (Wildman–Crippen LogP) is 3.11. The van der Waals surface area contributed by atoms with E-state index < -0.39 is 10.0 Å². The largest absolute Gasteiger partial charge is 0.361 e. The van der Waals surface area contributed by atoms with Gasteiger partial charge in [0.1, 0.15) is 4.90 Å². The Bertz CT molecular complexity index is 1470. The number of hydrogen-bond acceptors (Lipinski definition) is 4. The van der Waals surface area contributed by atoms with Gasteiger partial charge in [0.2, 0.25) is 15.9 Å². The van der Waals surface area contributed by atoms with Gasteiger partial charge in [0, 0.05) is 43.3 Å². The van der Waals surface area contributed by atoms with Crippen molar-refractivity contribution in [1.29, 1.82) is 0 Å². The van der Waals surface area contributed by atoms with Crippen molar-refractivity contribution in [1.82, 2.24) is 24.0 Å². The summed E-state index contributed by atoms with van der Waals surface area (Å²) in [6.45, 7) is 5.33. The number of nitrogens with zero attached hydrogens (tertiary/aromatic N) is 4. The van der Waals surface area contributed by atoms with E-state index in [1.165, 1.54) is 4.31 Å². The number of fused-ring (bicyclic) bond motifs is 1. The van der Waals surface area contributed by atoms with Gasteiger partial charge in [-0.25, -0.2) is 8.42 Å². The Labute approximate surface area is 205 Å². The fourth-order valence-corrected chi connectivity index (χ4v) is 6.62. The normalized spacial score (nSPS) is 15.1. The summed E-state index contributed by atoms with van der Waals surface area (Å²) in [5.41, 5.74) is 4.15. The Balaban J connectivity index is 1.27. The number of carbonyl (C=O) groups is 1. The Morgan fingerprint density at radius 1 is 0.971 bits per heavy atom. The van der Waals surface area contributed by atoms with Gasteiger partial charge in [0.15, 0.2) is 0 Å². The number of aromatic nitrogens is 3. The molecule has 3 heterocycles. The lowest BCUT2D eigenvalue weighted by atomic mass is 10.1. The van der Waals surface area contributed by atoms with Crippen molar-refractivity contribution >= 4 is 26.8 Å². The maximum Gasteiger partial charge on any atom is 0.246 e. The van der Waals surface area contributed by atoms with Crippen LogP contribution in [0, 0.1) is 13.8 Å². The van der Waals surface area contributed by atoms with Crippen LogP contribution in [0.2, 0.25) is 0 Å². The molecule has 0 atom stereocenters. The summed E-state index contributed by atoms with van der Waals surface area (Å²) < 4.78 is 30.3. The zero-order chi connectivity index (χ0) is 24.6. The minimum absolute atomic E-state index is 0.00911. The molecule has 1 fully saturated rings. The van der Waals surface area contributed by atoms with Crippen molar-refractivity contribution in [2.45, 2.75) is 31.7 Å². The number of nitrogens with one attached hydrogen (secondary N) is 1. The summed E-state index contributed by atoms with van der Waals surface area (Å²) in [5, 5.41) is 5.56. The summed E-state index contributed by atoms with van der Waals surface area (Å²) in [6.07, 6.45) is 2.17. The number of aromatic amines is 1. The van der Waals surface area contributed by atoms with E-state index >= 15 is 0 Å². The molecule has 1 saturated heterocycles. The highest BCUT2D eigenvalue weighted by atomic mass is 32.2. The van der Waals surface area contributed by atoms with E-state index in [0.717, 1.165) is 22.0 Å². The lowest BCUT2D eigenvalue weighted by Crippen LogP contribution is -2.51. The van der Waals surface area contributed by atoms with Crippen LogP contribution in [-0.4, -0.2) is 64.5 Å². The first kappa shape index (κ1) is 23.3. The van der Waals surface area contributed by atoms with Crippen molar-refractivity contribution in [2.24, 2.45) is 0 Å². The topological polar surface area (TPSA) is 91.3 Å². The van der Waals surface area contributed by atoms with Gasteiger partial charge >= 0.3 is 0 Å². The molecule has 1 aliphatic rings. The third kappa shape index (κ3) is 4.49. The van der Waals surface area contributed by atoms with Gasteiger partial charge in [-0.2, -0.15) is 9.40 Å². The average Bonchev–Trinajstić information content (AvgIpc) is 3.39. The number of rotatable bonds is 6. The molecule has 1 aliphatic heterocycles. The molecular weight excluding hydrogens is 462 g/mol. The van der Waals surface area contributed by atoms with Crippen LogP contribution in [0.15, 0.2) is 65.7 Å². The number of hydrogen-bond donors (Lipinski definition) is 1. The van der Waals surface area contributed by atoms with Gasteiger partial charge in [0.05, 0.1) is 24.4 Å². The summed E-state index contributed by atoms with van der Waals surface area (Å²) in [6, 6.07) is 17.8. The molecular formula is C26H29N5O3S. The zero-order valence-electron chi connectivity index (χ0n) is 19.9. The molecule has 2 aromatic carbocycles. The van der Waals surface area contributed by atoms with E-state index in [-0.39, 0.29) is 23.9 Å². The molecule has 5 rings (SSSR count). The van der Waals surface area contributed by atoms with E-state index in [1.54, 1.807) is 23.4 Å². The van der Waals surface area contributed by atoms with Crippen LogP contribution >= 0.6 is 0 Å². The number of sulfonamides is 1. The van der Waals surface area contributed by atoms with E-state index in [4.69, 9.17) is 0 Å². The molecule has 0 unspecified atom stereocenters. The van der Waals surface area contributed by atoms with Crippen LogP contribution in [0.3, 0.4) is 0 Å². The molecule has 0 radical (unpaired) electrons. The molecule has 0 aliphatic carbocycles. The highest BCUT2D eigenvalue weighted by molar-refractivity contribution is 7.89. The van der Waals surface area contributed by atoms with Crippen molar-refractivity contribution in [3.05, 3.63) is 83.3 Å². The molecule has 8 nitrogen and oxygen atoms in total. The van der Waals surface area contributed by atoms with Crippen LogP contribution in [0.4, 0.5) is 0 Å². The Morgan fingerprint density at radius 3 is 2.40 bits per heavy atom. The number of H-pyrrole nitrogens is 1. The maximum atomic E-state index is 13.5. The van der Waals surface area contributed by atoms with E-state index in [9.17, 15) is 13.2 Å². The second-order valence-electron chi connectivity index (χ2n) is 8.96. The minimum Gasteiger partial charge on any atom is -0.361 e. The van der Waals surface area contributed by atoms with Crippen LogP contribution in [0.1, 0.15) is 22.5 Å². The van der Waals surface area contributed by atoms with E-state index in [1.807, 2.05) is 60.8 Å². The van der Waals surface area contributed by atoms with Gasteiger partial charge in [-0.1, -0.05) is 48.5 Å². The minimum atomic E-state index is -3.72. The van der Waals surface area contributed by atoms with Gasteiger partial charge < -0.3 is 9.88 Å². The van der Waals surface area contributed by atoms with Gasteiger partial charge in [-0.05, 0) is 31.0 Å². The molecule has 1 amide bonds. The molecule has 4 aromatic rings. The van der Waals surface area contributed by atoms with Crippen LogP contribution in [0.25, 0.3) is 10.9 Å². The molecule has 182 valence electrons. The van der Waals surface area contributed by atoms with Gasteiger partial charge in [-0.15, -0.1) is 0 Å². The molecule has 9 heteroatoms. The fraction of sp³-hybridized carbons (Fsp3) is 0.308. The van der Waals surface area contributed by atoms with Crippen LogP contribution < -0.4 is 0 Å². The SMILES string of the molecule is Cc1nn(Cc2ccccc2)c(C)c1S(=O)(=O)N1CCN(C(=O)Cc2c[nH]c3ccccc23)CC1. The van der Waals surface area contributed by atoms with Crippen molar-refractivity contribution in [2.75, 3.05) is 26.2 Å². The number of aryl methyl sites for hydroxylation is 1. The highest BCUT2D eigenvalue weighted by Gasteiger charge is 2.34. The number of para-hydroxylation sites is 1. The second-order valence-corrected chi connectivity index (χ2v) is 10.8. The molecule has 1 N–H and O–H groups in total. The van der Waals surface area contributed by atoms with Gasteiger partial charge in [0.25, 0.3) is 0 Å². The standard InChI is InChI=1S/C26H29N5O3S/c1-19-26(20(2)31(28-19)18-21-8-4-3-5-9-21)35(33,34)30-14-12-29(13-15-30)25(32)16-22-17-27-24-11-7-6-10-23(22)24/h3-11,17,27H,12-16,18H2,1-2H3. The third-order valence-corrected chi connectivity index (χ3v) is 8.85.